The van der Waals surface area contributed by atoms with Crippen molar-refractivity contribution in [2.45, 2.75) is 58.5 Å². The van der Waals surface area contributed by atoms with Crippen LogP contribution in [0.3, 0.4) is 0 Å². The molecule has 0 aromatic rings. The standard InChI is InChI=1S/C14H28N2/c1-12-10-14(6-8-15(5)9-7-14)11-16(12)13(2,3)4/h12H,6-11H2,1-5H3. The summed E-state index contributed by atoms with van der Waals surface area (Å²) in [5, 5.41) is 0. The molecule has 0 N–H and O–H groups in total. The van der Waals surface area contributed by atoms with Gasteiger partial charge < -0.3 is 4.90 Å². The molecule has 2 rings (SSSR count). The molecular weight excluding hydrogens is 196 g/mol. The van der Waals surface area contributed by atoms with Crippen LogP contribution >= 0.6 is 0 Å². The van der Waals surface area contributed by atoms with Gasteiger partial charge in [-0.3, -0.25) is 4.90 Å². The number of rotatable bonds is 0. The largest absolute Gasteiger partial charge is 0.306 e. The predicted molar refractivity (Wildman–Crippen MR) is 69.7 cm³/mol. The Morgan fingerprint density at radius 3 is 2.12 bits per heavy atom. The fourth-order valence-corrected chi connectivity index (χ4v) is 3.67. The maximum Gasteiger partial charge on any atom is 0.0128 e. The highest BCUT2D eigenvalue weighted by atomic mass is 15.2. The lowest BCUT2D eigenvalue weighted by molar-refractivity contribution is 0.0904. The summed E-state index contributed by atoms with van der Waals surface area (Å²) in [6.45, 7) is 13.4. The van der Waals surface area contributed by atoms with Crippen LogP contribution in [0, 0.1) is 5.41 Å². The Kier molecular flexibility index (Phi) is 3.09. The van der Waals surface area contributed by atoms with E-state index < -0.39 is 0 Å². The normalized spacial score (nSPS) is 32.4. The molecule has 0 aliphatic carbocycles. The summed E-state index contributed by atoms with van der Waals surface area (Å²) in [4.78, 5) is 5.20. The average Bonchev–Trinajstić information content (AvgIpc) is 2.49. The van der Waals surface area contributed by atoms with Gasteiger partial charge in [-0.25, -0.2) is 0 Å². The molecule has 16 heavy (non-hydrogen) atoms. The van der Waals surface area contributed by atoms with Crippen LogP contribution in [0.5, 0.6) is 0 Å². The van der Waals surface area contributed by atoms with E-state index in [4.69, 9.17) is 0 Å². The minimum atomic E-state index is 0.340. The van der Waals surface area contributed by atoms with Crippen LogP contribution in [0.15, 0.2) is 0 Å². The van der Waals surface area contributed by atoms with Crippen LogP contribution in [0.1, 0.15) is 47.0 Å². The van der Waals surface area contributed by atoms with Crippen molar-refractivity contribution < 1.29 is 0 Å². The van der Waals surface area contributed by atoms with Crippen molar-refractivity contribution in [2.24, 2.45) is 5.41 Å². The molecule has 2 saturated heterocycles. The second-order valence-electron chi connectivity index (χ2n) is 7.16. The Bertz CT molecular complexity index is 246. The van der Waals surface area contributed by atoms with Gasteiger partial charge in [-0.1, -0.05) is 0 Å². The molecular formula is C14H28N2. The van der Waals surface area contributed by atoms with Crippen molar-refractivity contribution in [2.75, 3.05) is 26.7 Å². The summed E-state index contributed by atoms with van der Waals surface area (Å²) in [7, 11) is 2.26. The van der Waals surface area contributed by atoms with Gasteiger partial charge in [0.15, 0.2) is 0 Å². The lowest BCUT2D eigenvalue weighted by Gasteiger charge is -2.40. The molecule has 2 heteroatoms. The van der Waals surface area contributed by atoms with Gasteiger partial charge in [0.1, 0.15) is 0 Å². The molecule has 1 atom stereocenters. The minimum Gasteiger partial charge on any atom is -0.306 e. The Hall–Kier alpha value is -0.0800. The summed E-state index contributed by atoms with van der Waals surface area (Å²) in [5.41, 5.74) is 0.978. The smallest absolute Gasteiger partial charge is 0.0128 e. The van der Waals surface area contributed by atoms with E-state index in [0.29, 0.717) is 11.0 Å². The topological polar surface area (TPSA) is 6.48 Å². The van der Waals surface area contributed by atoms with Crippen LogP contribution in [0.25, 0.3) is 0 Å². The molecule has 1 unspecified atom stereocenters. The monoisotopic (exact) mass is 224 g/mol. The van der Waals surface area contributed by atoms with E-state index in [1.165, 1.54) is 38.9 Å². The highest BCUT2D eigenvalue weighted by Gasteiger charge is 2.46. The third kappa shape index (κ3) is 2.28. The fourth-order valence-electron chi connectivity index (χ4n) is 3.67. The first-order valence-corrected chi connectivity index (χ1v) is 6.78. The summed E-state index contributed by atoms with van der Waals surface area (Å²) >= 11 is 0. The van der Waals surface area contributed by atoms with Crippen molar-refractivity contribution in [3.63, 3.8) is 0 Å². The molecule has 0 aromatic heterocycles. The van der Waals surface area contributed by atoms with Crippen LogP contribution in [-0.4, -0.2) is 48.1 Å². The van der Waals surface area contributed by atoms with Gasteiger partial charge >= 0.3 is 0 Å². The Labute approximate surface area is 101 Å². The molecule has 2 heterocycles. The van der Waals surface area contributed by atoms with Crippen molar-refractivity contribution in [1.82, 2.24) is 9.80 Å². The molecule has 2 aliphatic rings. The molecule has 1 spiro atoms. The molecule has 2 aliphatic heterocycles. The first-order valence-electron chi connectivity index (χ1n) is 6.78. The maximum absolute atomic E-state index is 2.72. The predicted octanol–water partition coefficient (Wildman–Crippen LogP) is 2.59. The van der Waals surface area contributed by atoms with Gasteiger partial charge in [-0.15, -0.1) is 0 Å². The Morgan fingerprint density at radius 2 is 1.69 bits per heavy atom. The van der Waals surface area contributed by atoms with Gasteiger partial charge in [0.2, 0.25) is 0 Å². The number of hydrogen-bond donors (Lipinski definition) is 0. The highest BCUT2D eigenvalue weighted by Crippen LogP contribution is 2.45. The maximum atomic E-state index is 2.72. The highest BCUT2D eigenvalue weighted by molar-refractivity contribution is 5.00. The van der Waals surface area contributed by atoms with E-state index in [9.17, 15) is 0 Å². The third-order valence-corrected chi connectivity index (χ3v) is 4.68. The zero-order valence-electron chi connectivity index (χ0n) is 11.7. The van der Waals surface area contributed by atoms with Crippen LogP contribution < -0.4 is 0 Å². The van der Waals surface area contributed by atoms with Gasteiger partial charge in [0.05, 0.1) is 0 Å². The average molecular weight is 224 g/mol. The summed E-state index contributed by atoms with van der Waals surface area (Å²) < 4.78 is 0. The lowest BCUT2D eigenvalue weighted by atomic mass is 9.77. The molecule has 0 bridgehead atoms. The van der Waals surface area contributed by atoms with Gasteiger partial charge in [0.25, 0.3) is 0 Å². The van der Waals surface area contributed by atoms with E-state index in [0.717, 1.165) is 6.04 Å². The van der Waals surface area contributed by atoms with E-state index >= 15 is 0 Å². The molecule has 0 amide bonds. The van der Waals surface area contributed by atoms with Crippen LogP contribution in [0.2, 0.25) is 0 Å². The lowest BCUT2D eigenvalue weighted by Crippen LogP contribution is -2.45. The number of hydrogen-bond acceptors (Lipinski definition) is 2. The molecule has 0 radical (unpaired) electrons. The number of likely N-dealkylation sites (tertiary alicyclic amines) is 2. The van der Waals surface area contributed by atoms with E-state index in [-0.39, 0.29) is 0 Å². The number of piperidine rings is 1. The third-order valence-electron chi connectivity index (χ3n) is 4.68. The summed E-state index contributed by atoms with van der Waals surface area (Å²) in [5.74, 6) is 0. The molecule has 0 aromatic carbocycles. The second-order valence-corrected chi connectivity index (χ2v) is 7.16. The van der Waals surface area contributed by atoms with Crippen molar-refractivity contribution in [3.8, 4) is 0 Å². The zero-order valence-corrected chi connectivity index (χ0v) is 11.7. The SMILES string of the molecule is CC1CC2(CCN(C)CC2)CN1C(C)(C)C. The van der Waals surface area contributed by atoms with Crippen LogP contribution in [-0.2, 0) is 0 Å². The second kappa shape index (κ2) is 3.99. The Balaban J connectivity index is 2.05. The quantitative estimate of drug-likeness (QED) is 0.624. The number of nitrogens with zero attached hydrogens (tertiary/aromatic N) is 2. The van der Waals surface area contributed by atoms with Gasteiger partial charge in [0, 0.05) is 18.1 Å². The van der Waals surface area contributed by atoms with E-state index in [1.807, 2.05) is 0 Å². The van der Waals surface area contributed by atoms with E-state index in [1.54, 1.807) is 0 Å². The molecule has 0 saturated carbocycles. The first kappa shape index (κ1) is 12.4. The van der Waals surface area contributed by atoms with Crippen molar-refractivity contribution >= 4 is 0 Å². The first-order chi connectivity index (χ1) is 7.32. The van der Waals surface area contributed by atoms with Gasteiger partial charge in [-0.2, -0.15) is 0 Å². The van der Waals surface area contributed by atoms with Crippen LogP contribution in [0.4, 0.5) is 0 Å². The van der Waals surface area contributed by atoms with Crippen molar-refractivity contribution in [1.29, 1.82) is 0 Å². The summed E-state index contributed by atoms with van der Waals surface area (Å²) in [6, 6.07) is 0.767. The van der Waals surface area contributed by atoms with Crippen molar-refractivity contribution in [3.05, 3.63) is 0 Å². The van der Waals surface area contributed by atoms with E-state index in [2.05, 4.69) is 44.5 Å². The van der Waals surface area contributed by atoms with Gasteiger partial charge in [-0.05, 0) is 72.5 Å². The molecule has 2 nitrogen and oxygen atoms in total. The fraction of sp³-hybridized carbons (Fsp3) is 1.00. The minimum absolute atomic E-state index is 0.340. The molecule has 2 fully saturated rings. The molecule has 94 valence electrons. The summed E-state index contributed by atoms with van der Waals surface area (Å²) in [6.07, 6.45) is 4.22. The Morgan fingerprint density at radius 1 is 1.12 bits per heavy atom. The zero-order chi connectivity index (χ0) is 12.0.